The molecule has 0 bridgehead atoms. The van der Waals surface area contributed by atoms with E-state index in [1.54, 1.807) is 31.2 Å². The van der Waals surface area contributed by atoms with Crippen molar-refractivity contribution >= 4 is 52.5 Å². The molecule has 2 aromatic heterocycles. The van der Waals surface area contributed by atoms with E-state index in [0.717, 1.165) is 16.8 Å². The first-order valence-corrected chi connectivity index (χ1v) is 13.2. The SMILES string of the molecule is Cc1nc(Nc2cccc(CO[O-])c2)nc(Nc2cc(C)c(Nc3nc(O)nc(Nc4cccc(C(=O)[O-])c4)n3)cc2C)n1.[Na+].[Na+]. The van der Waals surface area contributed by atoms with Gasteiger partial charge in [0.05, 0.1) is 12.6 Å². The van der Waals surface area contributed by atoms with Crippen molar-refractivity contribution in [3.63, 3.8) is 0 Å². The molecule has 3 aromatic carbocycles. The van der Waals surface area contributed by atoms with E-state index in [0.29, 0.717) is 40.3 Å². The zero-order valence-electron chi connectivity index (χ0n) is 25.7. The van der Waals surface area contributed by atoms with Gasteiger partial charge in [0.15, 0.2) is 0 Å². The van der Waals surface area contributed by atoms with E-state index < -0.39 is 12.0 Å². The van der Waals surface area contributed by atoms with Gasteiger partial charge in [-0.3, -0.25) is 0 Å². The Labute approximate surface area is 307 Å². The van der Waals surface area contributed by atoms with Crippen LogP contribution in [0.5, 0.6) is 6.01 Å². The fraction of sp³-hybridized carbons (Fsp3) is 0.138. The summed E-state index contributed by atoms with van der Waals surface area (Å²) in [5.74, 6) is -0.128. The first-order chi connectivity index (χ1) is 21.1. The Morgan fingerprint density at radius 2 is 1.22 bits per heavy atom. The van der Waals surface area contributed by atoms with E-state index in [1.165, 1.54) is 18.2 Å². The Bertz CT molecular complexity index is 1850. The number of benzene rings is 3. The van der Waals surface area contributed by atoms with Crippen LogP contribution in [0.3, 0.4) is 0 Å². The summed E-state index contributed by atoms with van der Waals surface area (Å²) >= 11 is 0. The van der Waals surface area contributed by atoms with Crippen LogP contribution in [-0.2, 0) is 11.5 Å². The van der Waals surface area contributed by atoms with E-state index >= 15 is 0 Å². The summed E-state index contributed by atoms with van der Waals surface area (Å²) in [6.07, 6.45) is 0. The molecule has 17 heteroatoms. The van der Waals surface area contributed by atoms with Crippen LogP contribution in [0.15, 0.2) is 60.7 Å². The number of nitrogens with zero attached hydrogens (tertiary/aromatic N) is 6. The molecule has 0 aliphatic heterocycles. The van der Waals surface area contributed by atoms with Crippen molar-refractivity contribution < 1.29 is 84.3 Å². The van der Waals surface area contributed by atoms with Crippen molar-refractivity contribution in [3.8, 4) is 6.01 Å². The summed E-state index contributed by atoms with van der Waals surface area (Å²) in [5.41, 5.74) is 4.82. The summed E-state index contributed by atoms with van der Waals surface area (Å²) in [7, 11) is 0. The Kier molecular flexibility index (Phi) is 13.2. The van der Waals surface area contributed by atoms with Crippen LogP contribution in [-0.4, -0.2) is 41.0 Å². The fourth-order valence-electron chi connectivity index (χ4n) is 4.19. The summed E-state index contributed by atoms with van der Waals surface area (Å²) in [5, 5.41) is 44.1. The quantitative estimate of drug-likeness (QED) is 0.0546. The minimum atomic E-state index is -1.32. The molecule has 0 radical (unpaired) electrons. The molecule has 0 aliphatic carbocycles. The third kappa shape index (κ3) is 9.78. The number of anilines is 8. The molecule has 0 unspecified atom stereocenters. The maximum atomic E-state index is 11.2. The second-order valence-electron chi connectivity index (χ2n) is 9.63. The maximum Gasteiger partial charge on any atom is 1.00 e. The number of aromatic hydroxyl groups is 1. The third-order valence-electron chi connectivity index (χ3n) is 6.20. The second-order valence-corrected chi connectivity index (χ2v) is 9.63. The predicted octanol–water partition coefficient (Wildman–Crippen LogP) is -3.17. The van der Waals surface area contributed by atoms with Gasteiger partial charge < -0.3 is 46.4 Å². The molecular weight excluding hydrogens is 614 g/mol. The average Bonchev–Trinajstić information content (AvgIpc) is 2.95. The van der Waals surface area contributed by atoms with Gasteiger partial charge in [-0.05, 0) is 79.4 Å². The van der Waals surface area contributed by atoms with Gasteiger partial charge in [-0.15, -0.1) is 0 Å². The molecule has 0 fully saturated rings. The average molecular weight is 641 g/mol. The molecule has 0 atom stereocenters. The number of rotatable bonds is 11. The Morgan fingerprint density at radius 3 is 1.78 bits per heavy atom. The maximum absolute atomic E-state index is 11.2. The zero-order chi connectivity index (χ0) is 31.2. The van der Waals surface area contributed by atoms with Gasteiger partial charge in [0.2, 0.25) is 23.8 Å². The molecular formula is C29H26N10Na2O5. The molecule has 15 nitrogen and oxygen atoms in total. The molecule has 5 aromatic rings. The molecule has 5 N–H and O–H groups in total. The van der Waals surface area contributed by atoms with Crippen molar-refractivity contribution in [2.45, 2.75) is 27.4 Å². The predicted molar refractivity (Wildman–Crippen MR) is 157 cm³/mol. The van der Waals surface area contributed by atoms with Crippen LogP contribution in [0.2, 0.25) is 0 Å². The van der Waals surface area contributed by atoms with Gasteiger partial charge in [-0.2, -0.15) is 29.9 Å². The molecule has 5 rings (SSSR count). The summed E-state index contributed by atoms with van der Waals surface area (Å²) in [4.78, 5) is 40.5. The van der Waals surface area contributed by atoms with Crippen molar-refractivity contribution in [1.82, 2.24) is 29.9 Å². The van der Waals surface area contributed by atoms with Gasteiger partial charge in [0.1, 0.15) is 5.82 Å². The topological polar surface area (TPSA) is 218 Å². The van der Waals surface area contributed by atoms with Gasteiger partial charge >= 0.3 is 65.1 Å². The Hall–Kier alpha value is -3.93. The van der Waals surface area contributed by atoms with E-state index in [1.807, 2.05) is 32.0 Å². The van der Waals surface area contributed by atoms with Crippen LogP contribution < -0.4 is 90.7 Å². The van der Waals surface area contributed by atoms with Crippen LogP contribution in [0.4, 0.5) is 46.5 Å². The van der Waals surface area contributed by atoms with Crippen molar-refractivity contribution in [2.75, 3.05) is 21.3 Å². The van der Waals surface area contributed by atoms with E-state index in [4.69, 9.17) is 0 Å². The number of carbonyl (C=O) groups is 1. The number of nitrogens with one attached hydrogen (secondary N) is 4. The van der Waals surface area contributed by atoms with Crippen LogP contribution in [0, 0.1) is 20.8 Å². The number of hydrogen-bond acceptors (Lipinski definition) is 15. The minimum absolute atomic E-state index is 0. The van der Waals surface area contributed by atoms with Gasteiger partial charge in [-0.1, -0.05) is 24.3 Å². The first-order valence-electron chi connectivity index (χ1n) is 13.2. The molecule has 46 heavy (non-hydrogen) atoms. The zero-order valence-corrected chi connectivity index (χ0v) is 29.7. The van der Waals surface area contributed by atoms with Crippen LogP contribution >= 0.6 is 0 Å². The molecule has 0 saturated carbocycles. The molecule has 0 saturated heterocycles. The van der Waals surface area contributed by atoms with E-state index in [9.17, 15) is 20.3 Å². The minimum Gasteiger partial charge on any atom is -0.723 e. The molecule has 0 spiro atoms. The van der Waals surface area contributed by atoms with Crippen LogP contribution in [0.25, 0.3) is 0 Å². The number of hydrogen-bond donors (Lipinski definition) is 5. The van der Waals surface area contributed by atoms with Crippen molar-refractivity contribution in [3.05, 3.63) is 88.7 Å². The van der Waals surface area contributed by atoms with E-state index in [2.05, 4.69) is 56.1 Å². The van der Waals surface area contributed by atoms with Gasteiger partial charge in [0.25, 0.3) is 0 Å². The van der Waals surface area contributed by atoms with Gasteiger partial charge in [-0.25, -0.2) is 0 Å². The molecule has 0 aliphatic rings. The monoisotopic (exact) mass is 640 g/mol. The van der Waals surface area contributed by atoms with Crippen LogP contribution in [0.1, 0.15) is 32.9 Å². The third-order valence-corrected chi connectivity index (χ3v) is 6.20. The number of aromatic nitrogens is 6. The Balaban J connectivity index is 0.00000288. The number of aryl methyl sites for hydroxylation is 3. The smallest absolute Gasteiger partial charge is 0.723 e. The van der Waals surface area contributed by atoms with Gasteiger partial charge in [0, 0.05) is 22.7 Å². The first kappa shape index (κ1) is 36.5. The molecule has 2 heterocycles. The fourth-order valence-corrected chi connectivity index (χ4v) is 4.19. The number of carboxylic acids is 1. The summed E-state index contributed by atoms with van der Waals surface area (Å²) < 4.78 is 0. The van der Waals surface area contributed by atoms with Crippen molar-refractivity contribution in [2.24, 2.45) is 0 Å². The summed E-state index contributed by atoms with van der Waals surface area (Å²) in [6, 6.07) is 16.3. The normalized spacial score (nSPS) is 10.3. The molecule has 224 valence electrons. The van der Waals surface area contributed by atoms with Crippen molar-refractivity contribution in [1.29, 1.82) is 0 Å². The number of aromatic carboxylic acids is 1. The second kappa shape index (κ2) is 16.6. The van der Waals surface area contributed by atoms with E-state index in [-0.39, 0.29) is 83.2 Å². The largest absolute Gasteiger partial charge is 1.00 e. The summed E-state index contributed by atoms with van der Waals surface area (Å²) in [6.45, 7) is 5.46. The standard InChI is InChI=1S/C29H28N10O5.2Na/c1-15-11-23(35-28-37-27(38-29(42)39-28)33-21-9-5-7-19(13-21)24(40)41)16(2)10-22(15)34-26-31-17(3)30-25(36-26)32-20-8-4-6-18(12-20)14-44-43;;/h4-13,43H,14H2,1-3H3,(H,40,41)(H2,30,31,32,34,36)(H3,33,35,37,38,39,42);;/q;2*+1/p-2. The number of carboxylic acid groups (broad SMARTS) is 1. The Morgan fingerprint density at radius 1 is 0.717 bits per heavy atom. The molecule has 0 amide bonds. The number of carbonyl (C=O) groups excluding carboxylic acids is 1.